The second kappa shape index (κ2) is 7.26. The minimum absolute atomic E-state index is 0.132. The van der Waals surface area contributed by atoms with E-state index in [0.717, 1.165) is 0 Å². The molecule has 22 heavy (non-hydrogen) atoms. The van der Waals surface area contributed by atoms with Crippen LogP contribution in [-0.4, -0.2) is 36.0 Å². The zero-order valence-corrected chi connectivity index (χ0v) is 13.1. The third-order valence-electron chi connectivity index (χ3n) is 2.37. The van der Waals surface area contributed by atoms with Crippen molar-refractivity contribution in [1.82, 2.24) is 10.2 Å². The van der Waals surface area contributed by atoms with Gasteiger partial charge in [0.25, 0.3) is 0 Å². The van der Waals surface area contributed by atoms with Gasteiger partial charge in [0.15, 0.2) is 11.1 Å². The Morgan fingerprint density at radius 3 is 2.14 bits per heavy atom. The third-order valence-corrected chi connectivity index (χ3v) is 4.44. The summed E-state index contributed by atoms with van der Waals surface area (Å²) in [6.45, 7) is 3.89. The van der Waals surface area contributed by atoms with E-state index < -0.39 is 36.4 Å². The third kappa shape index (κ3) is 3.88. The van der Waals surface area contributed by atoms with Crippen LogP contribution in [0.5, 0.6) is 0 Å². The van der Waals surface area contributed by atoms with E-state index in [-0.39, 0.29) is 19.8 Å². The van der Waals surface area contributed by atoms with Crippen LogP contribution >= 0.6 is 7.60 Å². The molecule has 1 rings (SSSR count). The lowest BCUT2D eigenvalue weighted by Crippen LogP contribution is -2.24. The van der Waals surface area contributed by atoms with Crippen molar-refractivity contribution in [3.8, 4) is 0 Å². The van der Waals surface area contributed by atoms with Gasteiger partial charge in [0.05, 0.1) is 19.8 Å². The van der Waals surface area contributed by atoms with Gasteiger partial charge in [0.1, 0.15) is 5.56 Å². The molecule has 1 heterocycles. The van der Waals surface area contributed by atoms with Crippen molar-refractivity contribution in [1.29, 1.82) is 0 Å². The predicted octanol–water partition coefficient (Wildman–Crippen LogP) is 2.50. The maximum atomic E-state index is 13.3. The van der Waals surface area contributed by atoms with Gasteiger partial charge in [-0.3, -0.25) is 9.66 Å². The lowest BCUT2D eigenvalue weighted by molar-refractivity contribution is -0.137. The number of ether oxygens (including phenoxy) is 1. The number of hydrogen-bond donors (Lipinski definition) is 1. The number of carbonyl (C=O) groups excluding carboxylic acids is 1. The summed E-state index contributed by atoms with van der Waals surface area (Å²) in [7, 11) is -4.29. The largest absolute Gasteiger partial charge is 0.461 e. The highest BCUT2D eigenvalue weighted by Gasteiger charge is 2.47. The molecule has 1 aromatic heterocycles. The van der Waals surface area contributed by atoms with Crippen molar-refractivity contribution >= 4 is 19.0 Å². The first-order valence-electron chi connectivity index (χ1n) is 6.43. The van der Waals surface area contributed by atoms with E-state index in [1.54, 1.807) is 0 Å². The quantitative estimate of drug-likeness (QED) is 0.604. The number of nitrogens with zero attached hydrogens (tertiary/aromatic N) is 1. The van der Waals surface area contributed by atoms with Crippen molar-refractivity contribution in [2.75, 3.05) is 19.8 Å². The fourth-order valence-electron chi connectivity index (χ4n) is 1.65. The molecular weight excluding hydrogens is 328 g/mol. The lowest BCUT2D eigenvalue weighted by atomic mass is 10.2. The Hall–Kier alpha value is -1.38. The fraction of sp³-hybridized carbons (Fsp3) is 0.636. The van der Waals surface area contributed by atoms with E-state index in [9.17, 15) is 22.5 Å². The van der Waals surface area contributed by atoms with Gasteiger partial charge in [-0.05, 0) is 20.8 Å². The second-order valence-electron chi connectivity index (χ2n) is 3.85. The number of esters is 1. The summed E-state index contributed by atoms with van der Waals surface area (Å²) >= 11 is 0. The van der Waals surface area contributed by atoms with Gasteiger partial charge >= 0.3 is 19.7 Å². The molecule has 0 aliphatic heterocycles. The Balaban J connectivity index is 3.48. The Morgan fingerprint density at radius 1 is 1.18 bits per heavy atom. The molecule has 0 aliphatic carbocycles. The summed E-state index contributed by atoms with van der Waals surface area (Å²) in [4.78, 5) is 11.6. The Labute approximate surface area is 124 Å². The first-order valence-corrected chi connectivity index (χ1v) is 7.97. The van der Waals surface area contributed by atoms with Gasteiger partial charge < -0.3 is 13.8 Å². The molecule has 0 atom stereocenters. The van der Waals surface area contributed by atoms with Gasteiger partial charge in [-0.15, -0.1) is 0 Å². The van der Waals surface area contributed by atoms with Crippen molar-refractivity contribution in [2.24, 2.45) is 0 Å². The van der Waals surface area contributed by atoms with Crippen LogP contribution in [-0.2, 0) is 24.5 Å². The topological polar surface area (TPSA) is 90.5 Å². The zero-order valence-electron chi connectivity index (χ0n) is 12.2. The Bertz CT molecular complexity index is 563. The molecule has 7 nitrogen and oxygen atoms in total. The number of halogens is 3. The van der Waals surface area contributed by atoms with Crippen molar-refractivity contribution in [3.05, 3.63) is 11.3 Å². The molecule has 0 aliphatic rings. The number of rotatable bonds is 7. The number of aromatic amines is 1. The normalized spacial score (nSPS) is 12.5. The standard InChI is InChI=1S/C11H16F3N2O5P/c1-4-19-10(17)8-7(11(12,13)14)9(16-15-8)22(18,20-5-2)21-6-3/h4-6H2,1-3H3,(H,15,16). The van der Waals surface area contributed by atoms with Crippen LogP contribution < -0.4 is 5.44 Å². The minimum Gasteiger partial charge on any atom is -0.461 e. The highest BCUT2D eigenvalue weighted by Crippen LogP contribution is 2.49. The summed E-state index contributed by atoms with van der Waals surface area (Å²) in [6.07, 6.45) is -4.99. The van der Waals surface area contributed by atoms with Crippen molar-refractivity contribution < 1.29 is 36.3 Å². The first kappa shape index (κ1) is 18.7. The van der Waals surface area contributed by atoms with E-state index in [0.29, 0.717) is 0 Å². The molecule has 0 fully saturated rings. The summed E-state index contributed by atoms with van der Waals surface area (Å²) in [5.41, 5.74) is -3.42. The predicted molar refractivity (Wildman–Crippen MR) is 70.0 cm³/mol. The highest BCUT2D eigenvalue weighted by molar-refractivity contribution is 7.62. The second-order valence-corrected chi connectivity index (χ2v) is 5.81. The summed E-state index contributed by atoms with van der Waals surface area (Å²) in [5.74, 6) is -1.28. The molecule has 0 saturated carbocycles. The van der Waals surface area contributed by atoms with Gasteiger partial charge in [0, 0.05) is 0 Å². The molecule has 0 spiro atoms. The Morgan fingerprint density at radius 2 is 1.73 bits per heavy atom. The maximum Gasteiger partial charge on any atom is 0.421 e. The van der Waals surface area contributed by atoms with Crippen LogP contribution in [0.15, 0.2) is 0 Å². The summed E-state index contributed by atoms with van der Waals surface area (Å²) < 4.78 is 66.5. The molecule has 0 unspecified atom stereocenters. The minimum atomic E-state index is -4.99. The average Bonchev–Trinajstić information content (AvgIpc) is 2.85. The van der Waals surface area contributed by atoms with Crippen LogP contribution in [0.3, 0.4) is 0 Å². The van der Waals surface area contributed by atoms with Gasteiger partial charge in [0.2, 0.25) is 0 Å². The smallest absolute Gasteiger partial charge is 0.421 e. The zero-order chi connectivity index (χ0) is 17.0. The van der Waals surface area contributed by atoms with Crippen LogP contribution in [0.2, 0.25) is 0 Å². The van der Waals surface area contributed by atoms with Crippen molar-refractivity contribution in [3.63, 3.8) is 0 Å². The van der Waals surface area contributed by atoms with Gasteiger partial charge in [-0.2, -0.15) is 18.3 Å². The molecule has 0 amide bonds. The van der Waals surface area contributed by atoms with Crippen LogP contribution in [0, 0.1) is 0 Å². The molecule has 1 aromatic rings. The number of hydrogen-bond acceptors (Lipinski definition) is 6. The highest BCUT2D eigenvalue weighted by atomic mass is 31.2. The van der Waals surface area contributed by atoms with E-state index in [4.69, 9.17) is 9.05 Å². The summed E-state index contributed by atoms with van der Waals surface area (Å²) in [5, 5.41) is 5.23. The maximum absolute atomic E-state index is 13.3. The fourth-order valence-corrected chi connectivity index (χ4v) is 3.34. The van der Waals surface area contributed by atoms with E-state index >= 15 is 0 Å². The molecule has 0 saturated heterocycles. The lowest BCUT2D eigenvalue weighted by Gasteiger charge is -2.17. The molecular formula is C11H16F3N2O5P. The van der Waals surface area contributed by atoms with E-state index in [2.05, 4.69) is 9.84 Å². The summed E-state index contributed by atoms with van der Waals surface area (Å²) in [6, 6.07) is 0. The van der Waals surface area contributed by atoms with E-state index in [1.807, 2.05) is 5.10 Å². The average molecular weight is 344 g/mol. The number of H-pyrrole nitrogens is 1. The molecule has 11 heteroatoms. The number of alkyl halides is 3. The molecule has 0 aromatic carbocycles. The molecule has 126 valence electrons. The monoisotopic (exact) mass is 344 g/mol. The van der Waals surface area contributed by atoms with E-state index in [1.165, 1.54) is 20.8 Å². The number of aromatic nitrogens is 2. The number of nitrogens with one attached hydrogen (secondary N) is 1. The molecule has 0 bridgehead atoms. The van der Waals surface area contributed by atoms with Gasteiger partial charge in [-0.25, -0.2) is 4.79 Å². The van der Waals surface area contributed by atoms with Gasteiger partial charge in [-0.1, -0.05) is 0 Å². The van der Waals surface area contributed by atoms with Crippen LogP contribution in [0.4, 0.5) is 13.2 Å². The number of carbonyl (C=O) groups is 1. The SMILES string of the molecule is CCOC(=O)c1n[nH]c(P(=O)(OCC)OCC)c1C(F)(F)F. The Kier molecular flexibility index (Phi) is 6.16. The molecule has 0 radical (unpaired) electrons. The van der Waals surface area contributed by atoms with Crippen LogP contribution in [0.25, 0.3) is 0 Å². The van der Waals surface area contributed by atoms with Crippen molar-refractivity contribution in [2.45, 2.75) is 26.9 Å². The van der Waals surface area contributed by atoms with Crippen LogP contribution in [0.1, 0.15) is 36.8 Å². The first-order chi connectivity index (χ1) is 10.2. The molecule has 1 N–H and O–H groups in total.